The van der Waals surface area contributed by atoms with Crippen molar-refractivity contribution in [3.8, 4) is 0 Å². The van der Waals surface area contributed by atoms with E-state index in [1.807, 2.05) is 0 Å². The van der Waals surface area contributed by atoms with E-state index in [1.165, 1.54) is 29.6 Å². The fourth-order valence-corrected chi connectivity index (χ4v) is 4.76. The van der Waals surface area contributed by atoms with E-state index in [1.54, 1.807) is 18.2 Å². The van der Waals surface area contributed by atoms with Crippen molar-refractivity contribution in [3.63, 3.8) is 0 Å². The molecule has 1 aliphatic heterocycles. The predicted octanol–water partition coefficient (Wildman–Crippen LogP) is 5.60. The molecule has 1 aromatic carbocycles. The summed E-state index contributed by atoms with van der Waals surface area (Å²) >= 11 is 0.923. The van der Waals surface area contributed by atoms with Gasteiger partial charge in [-0.1, -0.05) is 36.4 Å². The van der Waals surface area contributed by atoms with Gasteiger partial charge in [0.05, 0.1) is 4.88 Å². The maximum atomic E-state index is 15.7. The summed E-state index contributed by atoms with van der Waals surface area (Å²) in [6, 6.07) is 10.7. The van der Waals surface area contributed by atoms with Gasteiger partial charge in [-0.15, -0.1) is 11.3 Å². The first-order valence-corrected chi connectivity index (χ1v) is 9.95. The lowest BCUT2D eigenvalue weighted by Gasteiger charge is -2.45. The van der Waals surface area contributed by atoms with E-state index in [0.29, 0.717) is 0 Å². The topological polar surface area (TPSA) is 43.4 Å². The van der Waals surface area contributed by atoms with Crippen molar-refractivity contribution < 1.29 is 31.9 Å². The summed E-state index contributed by atoms with van der Waals surface area (Å²) < 4.78 is 62.5. The number of ether oxygens (including phenoxy) is 1. The number of hydrogen-bond acceptors (Lipinski definition) is 4. The summed E-state index contributed by atoms with van der Waals surface area (Å²) in [5.41, 5.74) is 0.259. The van der Waals surface area contributed by atoms with Crippen LogP contribution in [-0.2, 0) is 9.53 Å². The lowest BCUT2D eigenvalue weighted by Crippen LogP contribution is -2.57. The van der Waals surface area contributed by atoms with Crippen LogP contribution in [0.2, 0.25) is 0 Å². The molecule has 29 heavy (non-hydrogen) atoms. The number of hydrogen-bond donors (Lipinski definition) is 0. The SMILES string of the molecule is O=C1CCCC2=C1C(c1ccccc1)C(C(=O)c1cccs1)C(F)(C(F)(F)F)O2. The van der Waals surface area contributed by atoms with Crippen molar-refractivity contribution in [2.75, 3.05) is 0 Å². The second-order valence-corrected chi connectivity index (χ2v) is 8.01. The number of carbonyl (C=O) groups is 2. The van der Waals surface area contributed by atoms with E-state index in [-0.39, 0.29) is 41.0 Å². The molecule has 2 heterocycles. The molecule has 0 amide bonds. The number of Topliss-reactive ketones (excluding diaryl/α,β-unsaturated/α-hetero) is 2. The Hall–Kier alpha value is -2.48. The number of carbonyl (C=O) groups excluding carboxylic acids is 2. The van der Waals surface area contributed by atoms with Gasteiger partial charge in [0.1, 0.15) is 11.7 Å². The molecule has 0 saturated heterocycles. The number of ketones is 2. The third kappa shape index (κ3) is 3.19. The van der Waals surface area contributed by atoms with Crippen LogP contribution < -0.4 is 0 Å². The summed E-state index contributed by atoms with van der Waals surface area (Å²) in [4.78, 5) is 25.8. The molecule has 3 atom stereocenters. The molecular formula is C21H16F4O3S. The highest BCUT2D eigenvalue weighted by Gasteiger charge is 2.70. The molecule has 0 bridgehead atoms. The summed E-state index contributed by atoms with van der Waals surface area (Å²) in [6.45, 7) is 0. The van der Waals surface area contributed by atoms with Crippen LogP contribution in [0.15, 0.2) is 59.2 Å². The molecule has 1 aromatic heterocycles. The first kappa shape index (κ1) is 19.8. The van der Waals surface area contributed by atoms with Crippen LogP contribution in [-0.4, -0.2) is 23.6 Å². The van der Waals surface area contributed by atoms with Gasteiger partial charge in [-0.2, -0.15) is 17.6 Å². The number of rotatable bonds is 3. The lowest BCUT2D eigenvalue weighted by molar-refractivity contribution is -0.341. The molecule has 0 fully saturated rings. The molecule has 0 N–H and O–H groups in total. The monoisotopic (exact) mass is 424 g/mol. The zero-order valence-electron chi connectivity index (χ0n) is 15.0. The molecule has 1 aliphatic carbocycles. The Bertz CT molecular complexity index is 966. The minimum atomic E-state index is -5.46. The summed E-state index contributed by atoms with van der Waals surface area (Å²) in [7, 11) is 0. The highest BCUT2D eigenvalue weighted by molar-refractivity contribution is 7.12. The maximum absolute atomic E-state index is 15.7. The minimum absolute atomic E-state index is 0.0156. The van der Waals surface area contributed by atoms with Crippen molar-refractivity contribution in [1.82, 2.24) is 0 Å². The Kier molecular flexibility index (Phi) is 4.85. The van der Waals surface area contributed by atoms with Gasteiger partial charge in [0.25, 0.3) is 0 Å². The molecule has 0 spiro atoms. The Labute approximate surface area is 168 Å². The van der Waals surface area contributed by atoms with E-state index in [9.17, 15) is 22.8 Å². The first-order valence-electron chi connectivity index (χ1n) is 9.07. The van der Waals surface area contributed by atoms with Gasteiger partial charge in [0.2, 0.25) is 0 Å². The normalized spacial score (nSPS) is 27.4. The van der Waals surface area contributed by atoms with Gasteiger partial charge in [-0.05, 0) is 23.4 Å². The largest absolute Gasteiger partial charge is 0.461 e. The quantitative estimate of drug-likeness (QED) is 0.476. The number of halogens is 4. The highest BCUT2D eigenvalue weighted by atomic mass is 32.1. The van der Waals surface area contributed by atoms with Crippen LogP contribution in [0, 0.1) is 5.92 Å². The molecule has 152 valence electrons. The van der Waals surface area contributed by atoms with Gasteiger partial charge in [0, 0.05) is 24.3 Å². The van der Waals surface area contributed by atoms with Crippen LogP contribution in [0.5, 0.6) is 0 Å². The second kappa shape index (κ2) is 7.09. The number of allylic oxidation sites excluding steroid dienone is 2. The van der Waals surface area contributed by atoms with Crippen molar-refractivity contribution in [2.45, 2.75) is 37.2 Å². The van der Waals surface area contributed by atoms with E-state index in [0.717, 1.165) is 11.3 Å². The zero-order chi connectivity index (χ0) is 20.8. The molecule has 8 heteroatoms. The molecule has 2 aliphatic rings. The summed E-state index contributed by atoms with van der Waals surface area (Å²) in [5.74, 6) is -9.61. The Morgan fingerprint density at radius 2 is 1.83 bits per heavy atom. The van der Waals surface area contributed by atoms with Crippen LogP contribution in [0.3, 0.4) is 0 Å². The highest BCUT2D eigenvalue weighted by Crippen LogP contribution is 2.56. The van der Waals surface area contributed by atoms with Gasteiger partial charge >= 0.3 is 12.0 Å². The fraction of sp³-hybridized carbons (Fsp3) is 0.333. The molecule has 3 unspecified atom stereocenters. The average Bonchev–Trinajstić information content (AvgIpc) is 3.21. The molecule has 0 radical (unpaired) electrons. The standard InChI is InChI=1S/C21H16F4O3S/c22-20(21(23,24)25)18(19(27)15-10-5-11-29-15)16(12-6-2-1-3-7-12)17-13(26)8-4-9-14(17)28-20/h1-3,5-7,10-11,16,18H,4,8-9H2. The van der Waals surface area contributed by atoms with Crippen molar-refractivity contribution in [1.29, 1.82) is 0 Å². The van der Waals surface area contributed by atoms with Gasteiger partial charge in [-0.25, -0.2) is 0 Å². The second-order valence-electron chi connectivity index (χ2n) is 7.07. The third-order valence-electron chi connectivity index (χ3n) is 5.32. The summed E-state index contributed by atoms with van der Waals surface area (Å²) in [6.07, 6.45) is -5.05. The summed E-state index contributed by atoms with van der Waals surface area (Å²) in [5, 5.41) is 1.53. The lowest BCUT2D eigenvalue weighted by atomic mass is 9.69. The fourth-order valence-electron chi connectivity index (χ4n) is 4.06. The maximum Gasteiger partial charge on any atom is 0.461 e. The number of thiophene rings is 1. The molecule has 4 rings (SSSR count). The minimum Gasteiger partial charge on any atom is -0.454 e. The molecule has 3 nitrogen and oxygen atoms in total. The van der Waals surface area contributed by atoms with Crippen LogP contribution in [0.25, 0.3) is 0 Å². The number of benzene rings is 1. The van der Waals surface area contributed by atoms with Gasteiger partial charge < -0.3 is 4.74 Å². The van der Waals surface area contributed by atoms with Gasteiger partial charge in [0.15, 0.2) is 11.6 Å². The predicted molar refractivity (Wildman–Crippen MR) is 98.2 cm³/mol. The van der Waals surface area contributed by atoms with E-state index >= 15 is 4.39 Å². The third-order valence-corrected chi connectivity index (χ3v) is 6.20. The smallest absolute Gasteiger partial charge is 0.454 e. The van der Waals surface area contributed by atoms with Crippen LogP contribution in [0.1, 0.15) is 40.4 Å². The Morgan fingerprint density at radius 3 is 2.45 bits per heavy atom. The van der Waals surface area contributed by atoms with Crippen LogP contribution >= 0.6 is 11.3 Å². The Balaban J connectivity index is 1.98. The Morgan fingerprint density at radius 1 is 1.10 bits per heavy atom. The van der Waals surface area contributed by atoms with Crippen molar-refractivity contribution in [3.05, 3.63) is 69.6 Å². The van der Waals surface area contributed by atoms with Crippen molar-refractivity contribution >= 4 is 22.9 Å². The van der Waals surface area contributed by atoms with Crippen molar-refractivity contribution in [2.24, 2.45) is 5.92 Å². The molecule has 2 aromatic rings. The average molecular weight is 424 g/mol. The van der Waals surface area contributed by atoms with Crippen LogP contribution in [0.4, 0.5) is 17.6 Å². The zero-order valence-corrected chi connectivity index (χ0v) is 15.9. The molecule has 0 saturated carbocycles. The van der Waals surface area contributed by atoms with E-state index < -0.39 is 35.4 Å². The van der Waals surface area contributed by atoms with E-state index in [4.69, 9.17) is 4.74 Å². The number of alkyl halides is 4. The van der Waals surface area contributed by atoms with E-state index in [2.05, 4.69) is 0 Å². The molecular weight excluding hydrogens is 408 g/mol. The van der Waals surface area contributed by atoms with Gasteiger partial charge in [-0.3, -0.25) is 9.59 Å². The first-order chi connectivity index (χ1) is 13.7.